The molecule has 6 nitrogen and oxygen atoms in total. The molecule has 3 rings (SSSR count). The standard InChI is InChI=1S/C20H26N2O4/c1-13-17(19(24)26-16-7-5-3-2-4-6-8-16)18(22-20(25)21-13)14-9-11-15(23)12-10-14/h9-12,16,18,23H,2-8H2,1H3,(H2,21,22,25)/t18-/m1/s1. The molecule has 1 atom stereocenters. The van der Waals surface area contributed by atoms with Gasteiger partial charge in [0, 0.05) is 5.70 Å². The van der Waals surface area contributed by atoms with Crippen molar-refractivity contribution >= 4 is 12.0 Å². The van der Waals surface area contributed by atoms with Gasteiger partial charge in [-0.25, -0.2) is 9.59 Å². The van der Waals surface area contributed by atoms with E-state index in [2.05, 4.69) is 10.6 Å². The van der Waals surface area contributed by atoms with Gasteiger partial charge in [-0.15, -0.1) is 0 Å². The molecule has 140 valence electrons. The Morgan fingerprint density at radius 2 is 1.69 bits per heavy atom. The summed E-state index contributed by atoms with van der Waals surface area (Å²) in [5.74, 6) is -0.257. The molecule has 26 heavy (non-hydrogen) atoms. The van der Waals surface area contributed by atoms with E-state index in [0.717, 1.165) is 31.2 Å². The Labute approximate surface area is 153 Å². The molecule has 1 heterocycles. The summed E-state index contributed by atoms with van der Waals surface area (Å²) in [5.41, 5.74) is 1.64. The van der Waals surface area contributed by atoms with Crippen LogP contribution in [-0.2, 0) is 9.53 Å². The van der Waals surface area contributed by atoms with Gasteiger partial charge in [0.15, 0.2) is 0 Å². The van der Waals surface area contributed by atoms with Crippen LogP contribution in [0.15, 0.2) is 35.5 Å². The molecule has 0 spiro atoms. The van der Waals surface area contributed by atoms with Crippen molar-refractivity contribution in [3.8, 4) is 5.75 Å². The number of rotatable bonds is 3. The molecule has 2 amide bonds. The minimum Gasteiger partial charge on any atom is -0.508 e. The van der Waals surface area contributed by atoms with Crippen LogP contribution in [0.3, 0.4) is 0 Å². The van der Waals surface area contributed by atoms with Gasteiger partial charge < -0.3 is 20.5 Å². The number of hydrogen-bond donors (Lipinski definition) is 3. The van der Waals surface area contributed by atoms with E-state index in [1.165, 1.54) is 31.4 Å². The maximum absolute atomic E-state index is 12.9. The molecule has 0 radical (unpaired) electrons. The van der Waals surface area contributed by atoms with E-state index in [1.807, 2.05) is 0 Å². The number of carbonyl (C=O) groups excluding carboxylic acids is 2. The Morgan fingerprint density at radius 1 is 1.08 bits per heavy atom. The summed E-state index contributed by atoms with van der Waals surface area (Å²) >= 11 is 0. The van der Waals surface area contributed by atoms with Crippen LogP contribution in [0.4, 0.5) is 4.79 Å². The number of allylic oxidation sites excluding steroid dienone is 1. The molecule has 0 bridgehead atoms. The van der Waals surface area contributed by atoms with Crippen molar-refractivity contribution in [2.45, 2.75) is 64.0 Å². The minimum atomic E-state index is -0.592. The van der Waals surface area contributed by atoms with Crippen LogP contribution >= 0.6 is 0 Å². The quantitative estimate of drug-likeness (QED) is 0.719. The topological polar surface area (TPSA) is 87.7 Å². The summed E-state index contributed by atoms with van der Waals surface area (Å²) in [7, 11) is 0. The Bertz CT molecular complexity index is 688. The van der Waals surface area contributed by atoms with Gasteiger partial charge in [-0.3, -0.25) is 0 Å². The summed E-state index contributed by atoms with van der Waals surface area (Å²) in [6.45, 7) is 1.71. The van der Waals surface area contributed by atoms with Gasteiger partial charge in [-0.1, -0.05) is 31.4 Å². The zero-order valence-electron chi connectivity index (χ0n) is 15.1. The number of phenols is 1. The molecular weight excluding hydrogens is 332 g/mol. The molecule has 1 aromatic carbocycles. The van der Waals surface area contributed by atoms with E-state index in [1.54, 1.807) is 19.1 Å². The third kappa shape index (κ3) is 4.36. The van der Waals surface area contributed by atoms with Crippen molar-refractivity contribution in [2.24, 2.45) is 0 Å². The number of benzene rings is 1. The molecule has 6 heteroatoms. The zero-order valence-corrected chi connectivity index (χ0v) is 15.1. The van der Waals surface area contributed by atoms with E-state index < -0.39 is 12.0 Å². The Kier molecular flexibility index (Phi) is 5.81. The summed E-state index contributed by atoms with van der Waals surface area (Å²) < 4.78 is 5.81. The second-order valence-electron chi connectivity index (χ2n) is 7.03. The van der Waals surface area contributed by atoms with E-state index in [0.29, 0.717) is 11.3 Å². The lowest BCUT2D eigenvalue weighted by molar-refractivity contribution is -0.145. The largest absolute Gasteiger partial charge is 0.508 e. The minimum absolute atomic E-state index is 0.0683. The van der Waals surface area contributed by atoms with Crippen LogP contribution in [0.1, 0.15) is 63.5 Å². The number of amides is 2. The lowest BCUT2D eigenvalue weighted by atomic mass is 9.95. The highest BCUT2D eigenvalue weighted by Crippen LogP contribution is 2.30. The molecule has 1 aliphatic heterocycles. The molecule has 3 N–H and O–H groups in total. The lowest BCUT2D eigenvalue weighted by Crippen LogP contribution is -2.45. The molecular formula is C20H26N2O4. The summed E-state index contributed by atoms with van der Waals surface area (Å²) in [5, 5.41) is 14.9. The van der Waals surface area contributed by atoms with E-state index in [4.69, 9.17) is 4.74 Å². The van der Waals surface area contributed by atoms with Gasteiger partial charge in [-0.05, 0) is 50.3 Å². The summed E-state index contributed by atoms with van der Waals surface area (Å²) in [6.07, 6.45) is 7.49. The average Bonchev–Trinajstić information content (AvgIpc) is 2.57. The van der Waals surface area contributed by atoms with Crippen molar-refractivity contribution in [1.29, 1.82) is 0 Å². The Balaban J connectivity index is 1.81. The first-order valence-electron chi connectivity index (χ1n) is 9.33. The van der Waals surface area contributed by atoms with Crippen molar-refractivity contribution in [1.82, 2.24) is 10.6 Å². The normalized spacial score (nSPS) is 22.0. The van der Waals surface area contributed by atoms with E-state index >= 15 is 0 Å². The van der Waals surface area contributed by atoms with E-state index in [-0.39, 0.29) is 17.9 Å². The third-order valence-electron chi connectivity index (χ3n) is 5.04. The molecule has 1 aromatic rings. The highest BCUT2D eigenvalue weighted by Gasteiger charge is 2.33. The van der Waals surface area contributed by atoms with Gasteiger partial charge in [0.05, 0.1) is 11.6 Å². The average molecular weight is 358 g/mol. The van der Waals surface area contributed by atoms with Crippen LogP contribution in [-0.4, -0.2) is 23.2 Å². The van der Waals surface area contributed by atoms with Gasteiger partial charge >= 0.3 is 12.0 Å². The molecule has 1 aliphatic carbocycles. The summed E-state index contributed by atoms with van der Waals surface area (Å²) in [6, 6.07) is 5.52. The highest BCUT2D eigenvalue weighted by atomic mass is 16.5. The fourth-order valence-corrected chi connectivity index (χ4v) is 3.63. The number of urea groups is 1. The monoisotopic (exact) mass is 358 g/mol. The Morgan fingerprint density at radius 3 is 2.35 bits per heavy atom. The fourth-order valence-electron chi connectivity index (χ4n) is 3.63. The van der Waals surface area contributed by atoms with Gasteiger partial charge in [0.25, 0.3) is 0 Å². The van der Waals surface area contributed by atoms with Gasteiger partial charge in [0.2, 0.25) is 0 Å². The van der Waals surface area contributed by atoms with Crippen LogP contribution in [0.25, 0.3) is 0 Å². The maximum Gasteiger partial charge on any atom is 0.338 e. The van der Waals surface area contributed by atoms with Crippen molar-refractivity contribution in [2.75, 3.05) is 0 Å². The zero-order chi connectivity index (χ0) is 18.5. The first-order chi connectivity index (χ1) is 12.5. The predicted octanol–water partition coefficient (Wildman–Crippen LogP) is 3.68. The van der Waals surface area contributed by atoms with Crippen molar-refractivity contribution in [3.05, 3.63) is 41.1 Å². The summed E-state index contributed by atoms with van der Waals surface area (Å²) in [4.78, 5) is 24.8. The van der Waals surface area contributed by atoms with Crippen molar-refractivity contribution in [3.63, 3.8) is 0 Å². The number of aromatic hydroxyl groups is 1. The van der Waals surface area contributed by atoms with Crippen LogP contribution in [0.2, 0.25) is 0 Å². The molecule has 2 aliphatic rings. The van der Waals surface area contributed by atoms with Crippen molar-refractivity contribution < 1.29 is 19.4 Å². The number of phenolic OH excluding ortho intramolecular Hbond substituents is 1. The number of nitrogens with one attached hydrogen (secondary N) is 2. The van der Waals surface area contributed by atoms with Gasteiger partial charge in [0.1, 0.15) is 11.9 Å². The predicted molar refractivity (Wildman–Crippen MR) is 97.4 cm³/mol. The number of ether oxygens (including phenoxy) is 1. The van der Waals surface area contributed by atoms with Crippen LogP contribution in [0, 0.1) is 0 Å². The molecule has 0 aromatic heterocycles. The molecule has 1 saturated carbocycles. The number of esters is 1. The molecule has 0 unspecified atom stereocenters. The van der Waals surface area contributed by atoms with Crippen LogP contribution < -0.4 is 10.6 Å². The fraction of sp³-hybridized carbons (Fsp3) is 0.500. The molecule has 0 saturated heterocycles. The second kappa shape index (κ2) is 8.25. The van der Waals surface area contributed by atoms with Gasteiger partial charge in [-0.2, -0.15) is 0 Å². The van der Waals surface area contributed by atoms with Crippen LogP contribution in [0.5, 0.6) is 5.75 Å². The first-order valence-corrected chi connectivity index (χ1v) is 9.33. The third-order valence-corrected chi connectivity index (χ3v) is 5.04. The van der Waals surface area contributed by atoms with E-state index in [9.17, 15) is 14.7 Å². The smallest absolute Gasteiger partial charge is 0.338 e. The first kappa shape index (κ1) is 18.3. The Hall–Kier alpha value is -2.50. The highest BCUT2D eigenvalue weighted by molar-refractivity contribution is 5.95. The second-order valence-corrected chi connectivity index (χ2v) is 7.03. The lowest BCUT2D eigenvalue weighted by Gasteiger charge is -2.29. The molecule has 1 fully saturated rings. The number of hydrogen-bond acceptors (Lipinski definition) is 4. The number of carbonyl (C=O) groups is 2. The SMILES string of the molecule is CC1=C(C(=O)OC2CCCCCCC2)[C@@H](c2ccc(O)cc2)NC(=O)N1. The maximum atomic E-state index is 12.9.